The van der Waals surface area contributed by atoms with Crippen LogP contribution in [-0.4, -0.2) is 47.9 Å². The van der Waals surface area contributed by atoms with Crippen molar-refractivity contribution in [2.45, 2.75) is 12.5 Å². The molecular weight excluding hydrogens is 354 g/mol. The average Bonchev–Trinajstić information content (AvgIpc) is 2.74. The van der Waals surface area contributed by atoms with Crippen LogP contribution in [0.4, 0.5) is 0 Å². The summed E-state index contributed by atoms with van der Waals surface area (Å²) >= 11 is 0. The lowest BCUT2D eigenvalue weighted by Gasteiger charge is -2.35. The molecule has 1 aromatic heterocycles. The number of carbonyl (C=O) groups is 2. The van der Waals surface area contributed by atoms with Crippen LogP contribution in [0.3, 0.4) is 0 Å². The standard InChI is InChI=1S/C22H21N3O3/c1-28-20-14-17(16-9-5-6-10-18(16)24-20)22(27)25-12-11-23-21(26)19(25)13-15-7-3-2-4-8-15/h2-10,14,19H,11-13H2,1H3,(H,23,26). The van der Waals surface area contributed by atoms with Gasteiger partial charge in [0, 0.05) is 31.0 Å². The molecule has 2 amide bonds. The Kier molecular flexibility index (Phi) is 4.93. The number of piperazine rings is 1. The normalized spacial score (nSPS) is 16.7. The second-order valence-electron chi connectivity index (χ2n) is 6.72. The molecule has 1 atom stereocenters. The molecule has 1 aliphatic heterocycles. The fraction of sp³-hybridized carbons (Fsp3) is 0.227. The van der Waals surface area contributed by atoms with Gasteiger partial charge in [0.05, 0.1) is 18.2 Å². The van der Waals surface area contributed by atoms with Gasteiger partial charge in [-0.1, -0.05) is 48.5 Å². The Balaban J connectivity index is 1.73. The van der Waals surface area contributed by atoms with Crippen LogP contribution in [0.15, 0.2) is 60.7 Å². The Morgan fingerprint density at radius 3 is 2.71 bits per heavy atom. The zero-order valence-corrected chi connectivity index (χ0v) is 15.6. The molecule has 1 saturated heterocycles. The van der Waals surface area contributed by atoms with Crippen molar-refractivity contribution in [2.24, 2.45) is 0 Å². The first-order valence-electron chi connectivity index (χ1n) is 9.24. The molecule has 3 aromatic rings. The highest BCUT2D eigenvalue weighted by molar-refractivity contribution is 6.08. The third-order valence-electron chi connectivity index (χ3n) is 5.00. The van der Waals surface area contributed by atoms with Gasteiger partial charge in [-0.05, 0) is 11.6 Å². The molecule has 0 radical (unpaired) electrons. The molecule has 142 valence electrons. The van der Waals surface area contributed by atoms with Gasteiger partial charge in [0.15, 0.2) is 0 Å². The van der Waals surface area contributed by atoms with Crippen molar-refractivity contribution >= 4 is 22.7 Å². The van der Waals surface area contributed by atoms with E-state index in [4.69, 9.17) is 4.74 Å². The molecule has 28 heavy (non-hydrogen) atoms. The lowest BCUT2D eigenvalue weighted by atomic mass is 10.00. The Hall–Kier alpha value is -3.41. The number of rotatable bonds is 4. The summed E-state index contributed by atoms with van der Waals surface area (Å²) in [5, 5.41) is 3.63. The van der Waals surface area contributed by atoms with Crippen molar-refractivity contribution < 1.29 is 14.3 Å². The molecule has 1 unspecified atom stereocenters. The maximum atomic E-state index is 13.5. The molecule has 0 saturated carbocycles. The van der Waals surface area contributed by atoms with Crippen LogP contribution >= 0.6 is 0 Å². The summed E-state index contributed by atoms with van der Waals surface area (Å²) < 4.78 is 5.28. The van der Waals surface area contributed by atoms with Gasteiger partial charge >= 0.3 is 0 Å². The predicted octanol–water partition coefficient (Wildman–Crippen LogP) is 2.43. The minimum Gasteiger partial charge on any atom is -0.481 e. The highest BCUT2D eigenvalue weighted by Gasteiger charge is 2.34. The smallest absolute Gasteiger partial charge is 0.255 e. The van der Waals surface area contributed by atoms with E-state index >= 15 is 0 Å². The molecule has 0 aliphatic carbocycles. The topological polar surface area (TPSA) is 71.5 Å². The molecule has 1 aliphatic rings. The van der Waals surface area contributed by atoms with E-state index in [2.05, 4.69) is 10.3 Å². The maximum Gasteiger partial charge on any atom is 0.255 e. The number of aromatic nitrogens is 1. The molecule has 1 N–H and O–H groups in total. The largest absolute Gasteiger partial charge is 0.481 e. The number of nitrogens with one attached hydrogen (secondary N) is 1. The Morgan fingerprint density at radius 2 is 1.93 bits per heavy atom. The fourth-order valence-electron chi connectivity index (χ4n) is 3.59. The van der Waals surface area contributed by atoms with Crippen LogP contribution in [0.5, 0.6) is 5.88 Å². The third kappa shape index (κ3) is 3.41. The van der Waals surface area contributed by atoms with Gasteiger partial charge in [0.25, 0.3) is 5.91 Å². The Labute approximate surface area is 163 Å². The number of carbonyl (C=O) groups excluding carboxylic acids is 2. The second-order valence-corrected chi connectivity index (χ2v) is 6.72. The number of benzene rings is 2. The van der Waals surface area contributed by atoms with Crippen LogP contribution < -0.4 is 10.1 Å². The van der Waals surface area contributed by atoms with Gasteiger partial charge in [0.1, 0.15) is 6.04 Å². The summed E-state index contributed by atoms with van der Waals surface area (Å²) in [7, 11) is 1.53. The number of amides is 2. The molecule has 2 aromatic carbocycles. The summed E-state index contributed by atoms with van der Waals surface area (Å²) in [6.07, 6.45) is 0.471. The summed E-state index contributed by atoms with van der Waals surface area (Å²) in [5.74, 6) is 0.0598. The molecule has 2 heterocycles. The number of hydrogen-bond donors (Lipinski definition) is 1. The van der Waals surface area contributed by atoms with Gasteiger partial charge in [-0.25, -0.2) is 4.98 Å². The number of hydrogen-bond acceptors (Lipinski definition) is 4. The molecule has 6 nitrogen and oxygen atoms in total. The molecule has 6 heteroatoms. The van der Waals surface area contributed by atoms with Crippen LogP contribution in [0.25, 0.3) is 10.9 Å². The molecule has 1 fully saturated rings. The minimum absolute atomic E-state index is 0.131. The number of pyridine rings is 1. The Bertz CT molecular complexity index is 1020. The SMILES string of the molecule is COc1cc(C(=O)N2CCNC(=O)C2Cc2ccccc2)c2ccccc2n1. The zero-order valence-electron chi connectivity index (χ0n) is 15.6. The summed E-state index contributed by atoms with van der Waals surface area (Å²) in [4.78, 5) is 32.2. The van der Waals surface area contributed by atoms with E-state index < -0.39 is 6.04 Å². The molecule has 0 spiro atoms. The first-order chi connectivity index (χ1) is 13.7. The third-order valence-corrected chi connectivity index (χ3v) is 5.00. The zero-order chi connectivity index (χ0) is 19.5. The van der Waals surface area contributed by atoms with Crippen molar-refractivity contribution in [1.29, 1.82) is 0 Å². The fourth-order valence-corrected chi connectivity index (χ4v) is 3.59. The highest BCUT2D eigenvalue weighted by atomic mass is 16.5. The molecule has 0 bridgehead atoms. The lowest BCUT2D eigenvalue weighted by Crippen LogP contribution is -2.58. The van der Waals surface area contributed by atoms with Gasteiger partial charge in [0.2, 0.25) is 11.8 Å². The lowest BCUT2D eigenvalue weighted by molar-refractivity contribution is -0.127. The van der Waals surface area contributed by atoms with Crippen LogP contribution in [0.1, 0.15) is 15.9 Å². The summed E-state index contributed by atoms with van der Waals surface area (Å²) in [5.41, 5.74) is 2.20. The van der Waals surface area contributed by atoms with Gasteiger partial charge < -0.3 is 15.0 Å². The first-order valence-corrected chi connectivity index (χ1v) is 9.24. The monoisotopic (exact) mass is 375 g/mol. The predicted molar refractivity (Wildman–Crippen MR) is 106 cm³/mol. The highest BCUT2D eigenvalue weighted by Crippen LogP contribution is 2.25. The number of ether oxygens (including phenoxy) is 1. The Morgan fingerprint density at radius 1 is 1.18 bits per heavy atom. The van der Waals surface area contributed by atoms with Crippen molar-refractivity contribution in [3.05, 3.63) is 71.8 Å². The number of nitrogens with zero attached hydrogens (tertiary/aromatic N) is 2. The van der Waals surface area contributed by atoms with E-state index in [1.165, 1.54) is 7.11 Å². The number of methoxy groups -OCH3 is 1. The summed E-state index contributed by atoms with van der Waals surface area (Å²) in [6, 6.07) is 18.3. The van der Waals surface area contributed by atoms with E-state index in [0.717, 1.165) is 10.9 Å². The van der Waals surface area contributed by atoms with Crippen LogP contribution in [0, 0.1) is 0 Å². The second kappa shape index (κ2) is 7.68. The van der Waals surface area contributed by atoms with E-state index in [9.17, 15) is 9.59 Å². The minimum atomic E-state index is -0.554. The average molecular weight is 375 g/mol. The van der Waals surface area contributed by atoms with Crippen molar-refractivity contribution in [2.75, 3.05) is 20.2 Å². The van der Waals surface area contributed by atoms with Crippen molar-refractivity contribution in [3.8, 4) is 5.88 Å². The van der Waals surface area contributed by atoms with Gasteiger partial charge in [-0.2, -0.15) is 0 Å². The summed E-state index contributed by atoms with van der Waals surface area (Å²) in [6.45, 7) is 0.900. The quantitative estimate of drug-likeness (QED) is 0.760. The van der Waals surface area contributed by atoms with E-state index in [1.807, 2.05) is 54.6 Å². The first kappa shape index (κ1) is 18.0. The maximum absolute atomic E-state index is 13.5. The molecular formula is C22H21N3O3. The number of fused-ring (bicyclic) bond motifs is 1. The number of para-hydroxylation sites is 1. The van der Waals surface area contributed by atoms with Crippen LogP contribution in [-0.2, 0) is 11.2 Å². The van der Waals surface area contributed by atoms with Crippen LogP contribution in [0.2, 0.25) is 0 Å². The van der Waals surface area contributed by atoms with Gasteiger partial charge in [-0.3, -0.25) is 9.59 Å². The van der Waals surface area contributed by atoms with Crippen molar-refractivity contribution in [1.82, 2.24) is 15.2 Å². The van der Waals surface area contributed by atoms with E-state index in [0.29, 0.717) is 36.5 Å². The van der Waals surface area contributed by atoms with E-state index in [1.54, 1.807) is 11.0 Å². The molecule has 4 rings (SSSR count). The van der Waals surface area contributed by atoms with E-state index in [-0.39, 0.29) is 11.8 Å². The van der Waals surface area contributed by atoms with Crippen molar-refractivity contribution in [3.63, 3.8) is 0 Å². The van der Waals surface area contributed by atoms with Gasteiger partial charge in [-0.15, -0.1) is 0 Å².